The van der Waals surface area contributed by atoms with Gasteiger partial charge in [0.2, 0.25) is 0 Å². The van der Waals surface area contributed by atoms with Gasteiger partial charge >= 0.3 is 0 Å². The number of halogens is 2. The molecule has 3 aromatic rings. The minimum atomic E-state index is -0.711. The molecule has 7 heteroatoms. The highest BCUT2D eigenvalue weighted by molar-refractivity contribution is 5.98. The van der Waals surface area contributed by atoms with Crippen LogP contribution >= 0.6 is 12.4 Å². The second-order valence-electron chi connectivity index (χ2n) is 9.09. The Bertz CT molecular complexity index is 1120. The summed E-state index contributed by atoms with van der Waals surface area (Å²) in [5.41, 5.74) is 3.80. The van der Waals surface area contributed by atoms with Crippen LogP contribution in [0.2, 0.25) is 0 Å². The van der Waals surface area contributed by atoms with E-state index in [1.807, 2.05) is 30.3 Å². The number of ketones is 1. The summed E-state index contributed by atoms with van der Waals surface area (Å²) in [5, 5.41) is 10.6. The smallest absolute Gasteiger partial charge is 0.167 e. The Morgan fingerprint density at radius 3 is 2.42 bits per heavy atom. The lowest BCUT2D eigenvalue weighted by molar-refractivity contribution is 0.0655. The fourth-order valence-electron chi connectivity index (χ4n) is 4.51. The van der Waals surface area contributed by atoms with Crippen molar-refractivity contribution in [3.05, 3.63) is 95.3 Å². The maximum atomic E-state index is 13.9. The van der Waals surface area contributed by atoms with Crippen LogP contribution in [-0.2, 0) is 6.42 Å². The number of hydrogen-bond donors (Lipinski definition) is 1. The van der Waals surface area contributed by atoms with Crippen molar-refractivity contribution >= 4 is 23.9 Å². The van der Waals surface area contributed by atoms with Crippen molar-refractivity contribution in [3.8, 4) is 5.75 Å². The van der Waals surface area contributed by atoms with Gasteiger partial charge in [0.25, 0.3) is 0 Å². The van der Waals surface area contributed by atoms with E-state index in [0.717, 1.165) is 31.7 Å². The highest BCUT2D eigenvalue weighted by atomic mass is 35.5. The van der Waals surface area contributed by atoms with Crippen molar-refractivity contribution in [2.75, 3.05) is 44.2 Å². The third-order valence-electron chi connectivity index (χ3n) is 6.45. The number of piperazine rings is 1. The molecule has 4 rings (SSSR count). The molecule has 1 saturated heterocycles. The number of hydrogen-bond acceptors (Lipinski definition) is 5. The fourth-order valence-corrected chi connectivity index (χ4v) is 4.51. The van der Waals surface area contributed by atoms with E-state index in [9.17, 15) is 14.3 Å². The third-order valence-corrected chi connectivity index (χ3v) is 6.45. The molecule has 0 radical (unpaired) electrons. The Kier molecular flexibility index (Phi) is 10.3. The largest absolute Gasteiger partial charge is 0.490 e. The zero-order chi connectivity index (χ0) is 24.6. The zero-order valence-electron chi connectivity index (χ0n) is 20.6. The number of carbonyl (C=O) groups is 1. The molecule has 0 spiro atoms. The monoisotopic (exact) mass is 512 g/mol. The van der Waals surface area contributed by atoms with Crippen molar-refractivity contribution < 1.29 is 19.0 Å². The Morgan fingerprint density at radius 2 is 1.69 bits per heavy atom. The SMILES string of the molecule is Cc1ccccc1N1CCN(CC(O)COc2ccc(F)cc2C(=O)CCc2ccccc2)CC1.Cl. The first-order valence-electron chi connectivity index (χ1n) is 12.2. The summed E-state index contributed by atoms with van der Waals surface area (Å²) in [6.45, 7) is 6.16. The van der Waals surface area contributed by atoms with Crippen molar-refractivity contribution in [2.45, 2.75) is 25.9 Å². The summed E-state index contributed by atoms with van der Waals surface area (Å²) in [7, 11) is 0. The molecule has 5 nitrogen and oxygen atoms in total. The molecule has 1 fully saturated rings. The fraction of sp³-hybridized carbons (Fsp3) is 0.345. The van der Waals surface area contributed by atoms with Gasteiger partial charge in [-0.1, -0.05) is 48.5 Å². The molecular weight excluding hydrogens is 479 g/mol. The number of β-amino-alcohol motifs (C(OH)–C–C–N with tert-alkyl or cyclic N) is 1. The predicted molar refractivity (Wildman–Crippen MR) is 144 cm³/mol. The van der Waals surface area contributed by atoms with E-state index in [1.54, 1.807) is 0 Å². The van der Waals surface area contributed by atoms with Gasteiger partial charge in [-0.2, -0.15) is 0 Å². The number of ether oxygens (including phenoxy) is 1. The van der Waals surface area contributed by atoms with Crippen LogP contribution in [-0.4, -0.2) is 61.2 Å². The Labute approximate surface area is 218 Å². The molecule has 36 heavy (non-hydrogen) atoms. The molecule has 3 aromatic carbocycles. The molecule has 0 aromatic heterocycles. The topological polar surface area (TPSA) is 53.0 Å². The van der Waals surface area contributed by atoms with Gasteiger partial charge in [0.15, 0.2) is 5.78 Å². The van der Waals surface area contributed by atoms with Crippen LogP contribution in [0.3, 0.4) is 0 Å². The van der Waals surface area contributed by atoms with Crippen molar-refractivity contribution in [3.63, 3.8) is 0 Å². The van der Waals surface area contributed by atoms with E-state index in [0.29, 0.717) is 18.7 Å². The summed E-state index contributed by atoms with van der Waals surface area (Å²) in [4.78, 5) is 17.4. The van der Waals surface area contributed by atoms with Gasteiger partial charge in [0.05, 0.1) is 5.56 Å². The first-order chi connectivity index (χ1) is 17.0. The first kappa shape index (κ1) is 27.7. The number of para-hydroxylation sites is 1. The van der Waals surface area contributed by atoms with Gasteiger partial charge in [-0.15, -0.1) is 12.4 Å². The first-order valence-corrected chi connectivity index (χ1v) is 12.2. The van der Waals surface area contributed by atoms with E-state index in [2.05, 4.69) is 41.0 Å². The molecular formula is C29H34ClFN2O3. The van der Waals surface area contributed by atoms with Crippen molar-refractivity contribution in [1.82, 2.24) is 4.90 Å². The quantitative estimate of drug-likeness (QED) is 0.390. The minimum Gasteiger partial charge on any atom is -0.490 e. The van der Waals surface area contributed by atoms with Crippen LogP contribution in [0.5, 0.6) is 5.75 Å². The second kappa shape index (κ2) is 13.4. The summed E-state index contributed by atoms with van der Waals surface area (Å²) in [6.07, 6.45) is 0.127. The lowest BCUT2D eigenvalue weighted by Crippen LogP contribution is -2.49. The van der Waals surface area contributed by atoms with Crippen LogP contribution < -0.4 is 9.64 Å². The average molecular weight is 513 g/mol. The van der Waals surface area contributed by atoms with Crippen LogP contribution in [0, 0.1) is 12.7 Å². The van der Waals surface area contributed by atoms with Crippen LogP contribution in [0.1, 0.15) is 27.9 Å². The highest BCUT2D eigenvalue weighted by Crippen LogP contribution is 2.23. The number of rotatable bonds is 10. The normalized spacial score (nSPS) is 14.7. The van der Waals surface area contributed by atoms with Crippen molar-refractivity contribution in [2.24, 2.45) is 0 Å². The second-order valence-corrected chi connectivity index (χ2v) is 9.09. The van der Waals surface area contributed by atoms with E-state index in [-0.39, 0.29) is 36.8 Å². The maximum Gasteiger partial charge on any atom is 0.167 e. The number of aryl methyl sites for hydroxylation is 2. The standard InChI is InChI=1S/C29H33FN2O3.ClH/c1-22-7-5-6-10-27(22)32-17-15-31(16-18-32)20-25(33)21-35-29-14-12-24(30)19-26(29)28(34)13-11-23-8-3-2-4-9-23;/h2-10,12,14,19,25,33H,11,13,15-18,20-21H2,1H3;1H. The van der Waals surface area contributed by atoms with Crippen LogP contribution in [0.25, 0.3) is 0 Å². The zero-order valence-corrected chi connectivity index (χ0v) is 21.4. The number of carbonyl (C=O) groups excluding carboxylic acids is 1. The molecule has 0 bridgehead atoms. The summed E-state index contributed by atoms with van der Waals surface area (Å²) >= 11 is 0. The maximum absolute atomic E-state index is 13.9. The van der Waals surface area contributed by atoms with Gasteiger partial charge in [0.1, 0.15) is 24.3 Å². The summed E-state index contributed by atoms with van der Waals surface area (Å²) in [6, 6.07) is 22.1. The third kappa shape index (κ3) is 7.53. The number of benzene rings is 3. The van der Waals surface area contributed by atoms with E-state index in [4.69, 9.17) is 4.74 Å². The minimum absolute atomic E-state index is 0. The number of nitrogens with zero attached hydrogens (tertiary/aromatic N) is 2. The molecule has 1 heterocycles. The van der Waals surface area contributed by atoms with Gasteiger partial charge in [-0.3, -0.25) is 9.69 Å². The van der Waals surface area contributed by atoms with E-state index in [1.165, 1.54) is 29.4 Å². The lowest BCUT2D eigenvalue weighted by Gasteiger charge is -2.37. The summed E-state index contributed by atoms with van der Waals surface area (Å²) in [5.74, 6) is -0.342. The average Bonchev–Trinajstić information content (AvgIpc) is 2.88. The Morgan fingerprint density at radius 1 is 1.00 bits per heavy atom. The van der Waals surface area contributed by atoms with Crippen LogP contribution in [0.4, 0.5) is 10.1 Å². The molecule has 0 saturated carbocycles. The van der Waals surface area contributed by atoms with Gasteiger partial charge < -0.3 is 14.7 Å². The lowest BCUT2D eigenvalue weighted by atomic mass is 10.0. The van der Waals surface area contributed by atoms with Gasteiger partial charge in [-0.25, -0.2) is 4.39 Å². The molecule has 1 aliphatic heterocycles. The Hall–Kier alpha value is -2.93. The Balaban J connectivity index is 0.00000361. The molecule has 1 atom stereocenters. The molecule has 1 N–H and O–H groups in total. The molecule has 1 aliphatic rings. The molecule has 0 aliphatic carbocycles. The number of anilines is 1. The van der Waals surface area contributed by atoms with Gasteiger partial charge in [0, 0.05) is 44.8 Å². The molecule has 0 amide bonds. The number of aliphatic hydroxyl groups excluding tert-OH is 1. The van der Waals surface area contributed by atoms with E-state index >= 15 is 0 Å². The predicted octanol–water partition coefficient (Wildman–Crippen LogP) is 4.93. The summed E-state index contributed by atoms with van der Waals surface area (Å²) < 4.78 is 19.7. The number of aliphatic hydroxyl groups is 1. The van der Waals surface area contributed by atoms with E-state index < -0.39 is 11.9 Å². The highest BCUT2D eigenvalue weighted by Gasteiger charge is 2.21. The van der Waals surface area contributed by atoms with Crippen LogP contribution in [0.15, 0.2) is 72.8 Å². The molecule has 192 valence electrons. The molecule has 1 unspecified atom stereocenters. The number of Topliss-reactive ketones (excluding diaryl/α,β-unsaturated/α-hetero) is 1. The van der Waals surface area contributed by atoms with Crippen molar-refractivity contribution in [1.29, 1.82) is 0 Å². The van der Waals surface area contributed by atoms with Gasteiger partial charge in [-0.05, 0) is 48.7 Å².